The van der Waals surface area contributed by atoms with Gasteiger partial charge < -0.3 is 10.0 Å². The topological polar surface area (TPSA) is 49.2 Å². The van der Waals surface area contributed by atoms with Gasteiger partial charge in [0.25, 0.3) is 0 Å². The van der Waals surface area contributed by atoms with Crippen molar-refractivity contribution in [3.63, 3.8) is 0 Å². The Morgan fingerprint density at radius 1 is 1.32 bits per heavy atom. The molecule has 0 aliphatic carbocycles. The van der Waals surface area contributed by atoms with E-state index < -0.39 is 0 Å². The summed E-state index contributed by atoms with van der Waals surface area (Å²) in [6, 6.07) is 7.78. The van der Waals surface area contributed by atoms with Gasteiger partial charge in [-0.1, -0.05) is 35.1 Å². The number of halogens is 1. The van der Waals surface area contributed by atoms with Gasteiger partial charge in [-0.25, -0.2) is 0 Å². The summed E-state index contributed by atoms with van der Waals surface area (Å²) in [7, 11) is 0. The van der Waals surface area contributed by atoms with Crippen molar-refractivity contribution >= 4 is 28.1 Å². The summed E-state index contributed by atoms with van der Waals surface area (Å²) in [5.41, 5.74) is 1.17. The fourth-order valence-corrected chi connectivity index (χ4v) is 3.17. The lowest BCUT2D eigenvalue weighted by Gasteiger charge is -2.11. The van der Waals surface area contributed by atoms with Crippen molar-refractivity contribution in [3.05, 3.63) is 39.9 Å². The van der Waals surface area contributed by atoms with Gasteiger partial charge in [-0.3, -0.25) is 0 Å². The van der Waals surface area contributed by atoms with E-state index in [1.807, 2.05) is 24.3 Å². The molecule has 1 aromatic carbocycles. The van der Waals surface area contributed by atoms with Crippen LogP contribution in [0, 0.1) is 0 Å². The minimum atomic E-state index is -0.233. The van der Waals surface area contributed by atoms with E-state index in [-0.39, 0.29) is 6.10 Å². The summed E-state index contributed by atoms with van der Waals surface area (Å²) in [5.74, 6) is 0. The Balaban J connectivity index is 1.69. The summed E-state index contributed by atoms with van der Waals surface area (Å²) in [6.45, 7) is 1.52. The molecule has 4 nitrogen and oxygen atoms in total. The minimum Gasteiger partial charge on any atom is -0.391 e. The average Bonchev–Trinajstić information content (AvgIpc) is 3.01. The molecule has 2 heterocycles. The number of aliphatic hydroxyl groups excluding tert-OH is 1. The van der Waals surface area contributed by atoms with Crippen LogP contribution in [0.4, 0.5) is 5.13 Å². The molecule has 3 rings (SSSR count). The molecule has 1 atom stereocenters. The zero-order chi connectivity index (χ0) is 13.2. The molecule has 0 radical (unpaired) electrons. The third kappa shape index (κ3) is 3.05. The molecule has 1 fully saturated rings. The molecule has 6 heteroatoms. The van der Waals surface area contributed by atoms with E-state index in [1.54, 1.807) is 11.3 Å². The van der Waals surface area contributed by atoms with E-state index >= 15 is 0 Å². The molecule has 1 aliphatic heterocycles. The Morgan fingerprint density at radius 2 is 2.11 bits per heavy atom. The van der Waals surface area contributed by atoms with Crippen molar-refractivity contribution in [2.45, 2.75) is 18.9 Å². The van der Waals surface area contributed by atoms with Crippen LogP contribution >= 0.6 is 22.9 Å². The van der Waals surface area contributed by atoms with Gasteiger partial charge in [-0.05, 0) is 24.1 Å². The van der Waals surface area contributed by atoms with Crippen molar-refractivity contribution in [1.82, 2.24) is 10.2 Å². The number of benzene rings is 1. The molecule has 0 bridgehead atoms. The van der Waals surface area contributed by atoms with Crippen LogP contribution in [0.1, 0.15) is 17.0 Å². The zero-order valence-corrected chi connectivity index (χ0v) is 11.9. The van der Waals surface area contributed by atoms with E-state index in [9.17, 15) is 5.11 Å². The predicted octanol–water partition coefficient (Wildman–Crippen LogP) is 2.35. The summed E-state index contributed by atoms with van der Waals surface area (Å²) in [6.07, 6.45) is 1.35. The molecular formula is C13H14ClN3OS. The van der Waals surface area contributed by atoms with Crippen molar-refractivity contribution in [2.75, 3.05) is 18.0 Å². The van der Waals surface area contributed by atoms with Crippen LogP contribution in [-0.4, -0.2) is 34.5 Å². The number of β-amino-alcohol motifs (C(OH)–C–C–N with tert-alkyl or cyclic N) is 1. The monoisotopic (exact) mass is 295 g/mol. The minimum absolute atomic E-state index is 0.233. The summed E-state index contributed by atoms with van der Waals surface area (Å²) in [5, 5.41) is 20.6. The Bertz CT molecular complexity index is 557. The van der Waals surface area contributed by atoms with E-state index in [4.69, 9.17) is 11.6 Å². The first-order chi connectivity index (χ1) is 9.20. The van der Waals surface area contributed by atoms with Crippen molar-refractivity contribution < 1.29 is 5.11 Å². The molecule has 0 amide bonds. The average molecular weight is 296 g/mol. The maximum absolute atomic E-state index is 9.53. The first-order valence-corrected chi connectivity index (χ1v) is 7.40. The highest BCUT2D eigenvalue weighted by Gasteiger charge is 2.23. The normalized spacial score (nSPS) is 19.1. The first-order valence-electron chi connectivity index (χ1n) is 6.20. The summed E-state index contributed by atoms with van der Waals surface area (Å²) >= 11 is 7.45. The molecule has 2 aromatic rings. The number of rotatable bonds is 3. The number of aliphatic hydroxyl groups is 1. The third-order valence-electron chi connectivity index (χ3n) is 3.16. The molecule has 0 unspecified atom stereocenters. The quantitative estimate of drug-likeness (QED) is 0.944. The van der Waals surface area contributed by atoms with Gasteiger partial charge in [0, 0.05) is 24.5 Å². The molecule has 100 valence electrons. The molecule has 1 saturated heterocycles. The van der Waals surface area contributed by atoms with Gasteiger partial charge in [0.1, 0.15) is 5.01 Å². The second-order valence-corrected chi connectivity index (χ2v) is 6.15. The van der Waals surface area contributed by atoms with Gasteiger partial charge in [-0.15, -0.1) is 10.2 Å². The van der Waals surface area contributed by atoms with Crippen LogP contribution in [0.3, 0.4) is 0 Å². The molecule has 0 spiro atoms. The molecule has 0 saturated carbocycles. The van der Waals surface area contributed by atoms with Crippen molar-refractivity contribution in [1.29, 1.82) is 0 Å². The van der Waals surface area contributed by atoms with Crippen LogP contribution in [0.2, 0.25) is 5.02 Å². The van der Waals surface area contributed by atoms with Crippen LogP contribution in [0.25, 0.3) is 0 Å². The second-order valence-electron chi connectivity index (χ2n) is 4.67. The number of hydrogen-bond acceptors (Lipinski definition) is 5. The molecule has 1 aliphatic rings. The molecule has 1 aromatic heterocycles. The number of anilines is 1. The van der Waals surface area contributed by atoms with Gasteiger partial charge in [0.15, 0.2) is 0 Å². The standard InChI is InChI=1S/C13H14ClN3OS/c14-10-3-1-9(2-4-10)7-12-15-16-13(19-12)17-6-5-11(18)8-17/h1-4,11,18H,5-8H2/t11-/m1/s1. The van der Waals surface area contributed by atoms with E-state index in [0.29, 0.717) is 6.54 Å². The van der Waals surface area contributed by atoms with E-state index in [1.165, 1.54) is 5.56 Å². The maximum Gasteiger partial charge on any atom is 0.208 e. The second kappa shape index (κ2) is 5.45. The summed E-state index contributed by atoms with van der Waals surface area (Å²) in [4.78, 5) is 2.09. The fourth-order valence-electron chi connectivity index (χ4n) is 2.14. The Hall–Kier alpha value is -1.17. The molecule has 19 heavy (non-hydrogen) atoms. The number of nitrogens with zero attached hydrogens (tertiary/aromatic N) is 3. The lowest BCUT2D eigenvalue weighted by Crippen LogP contribution is -2.20. The van der Waals surface area contributed by atoms with Gasteiger partial charge >= 0.3 is 0 Å². The third-order valence-corrected chi connectivity index (χ3v) is 4.39. The SMILES string of the molecule is O[C@@H]1CCN(c2nnc(Cc3ccc(Cl)cc3)s2)C1. The van der Waals surface area contributed by atoms with Gasteiger partial charge in [-0.2, -0.15) is 0 Å². The zero-order valence-electron chi connectivity index (χ0n) is 10.3. The predicted molar refractivity (Wildman–Crippen MR) is 77.0 cm³/mol. The van der Waals surface area contributed by atoms with E-state index in [0.717, 1.165) is 34.5 Å². The maximum atomic E-state index is 9.53. The van der Waals surface area contributed by atoms with Crippen LogP contribution < -0.4 is 4.90 Å². The highest BCUT2D eigenvalue weighted by atomic mass is 35.5. The van der Waals surface area contributed by atoms with Crippen LogP contribution in [-0.2, 0) is 6.42 Å². The van der Waals surface area contributed by atoms with Crippen molar-refractivity contribution in [3.8, 4) is 0 Å². The summed E-state index contributed by atoms with van der Waals surface area (Å²) < 4.78 is 0. The number of hydrogen-bond donors (Lipinski definition) is 1. The van der Waals surface area contributed by atoms with E-state index in [2.05, 4.69) is 15.1 Å². The smallest absolute Gasteiger partial charge is 0.208 e. The van der Waals surface area contributed by atoms with Gasteiger partial charge in [0.05, 0.1) is 6.10 Å². The van der Waals surface area contributed by atoms with Gasteiger partial charge in [0.2, 0.25) is 5.13 Å². The highest BCUT2D eigenvalue weighted by molar-refractivity contribution is 7.15. The first kappa shape index (κ1) is 12.8. The van der Waals surface area contributed by atoms with Crippen LogP contribution in [0.15, 0.2) is 24.3 Å². The number of aromatic nitrogens is 2. The fraction of sp³-hybridized carbons (Fsp3) is 0.385. The molecular weight excluding hydrogens is 282 g/mol. The lowest BCUT2D eigenvalue weighted by molar-refractivity contribution is 0.198. The molecule has 1 N–H and O–H groups in total. The highest BCUT2D eigenvalue weighted by Crippen LogP contribution is 2.25. The van der Waals surface area contributed by atoms with Crippen molar-refractivity contribution in [2.24, 2.45) is 0 Å². The van der Waals surface area contributed by atoms with Crippen LogP contribution in [0.5, 0.6) is 0 Å². The Kier molecular flexibility index (Phi) is 3.68. The Labute approximate surface area is 120 Å². The largest absolute Gasteiger partial charge is 0.391 e. The Morgan fingerprint density at radius 3 is 2.79 bits per heavy atom. The lowest BCUT2D eigenvalue weighted by atomic mass is 10.2.